The van der Waals surface area contributed by atoms with Gasteiger partial charge in [0.15, 0.2) is 5.75 Å². The molecule has 1 aromatic rings. The SMILES string of the molecule is O=S(=O)(Oc1c(Br)cc(Br)cc1I)C(F)(F)F. The van der Waals surface area contributed by atoms with Crippen molar-refractivity contribution in [3.8, 4) is 5.75 Å². The molecule has 0 atom stereocenters. The molecular formula is C7H2Br2F3IO3S. The Hall–Kier alpha value is 0.450. The number of hydrogen-bond donors (Lipinski definition) is 0. The number of rotatable bonds is 2. The molecule has 0 saturated carbocycles. The van der Waals surface area contributed by atoms with Gasteiger partial charge >= 0.3 is 15.6 Å². The maximum Gasteiger partial charge on any atom is 0.534 e. The number of benzene rings is 1. The van der Waals surface area contributed by atoms with Crippen LogP contribution in [-0.2, 0) is 10.1 Å². The number of alkyl halides is 3. The van der Waals surface area contributed by atoms with Gasteiger partial charge in [-0.25, -0.2) is 0 Å². The Morgan fingerprint density at radius 1 is 1.24 bits per heavy atom. The third kappa shape index (κ3) is 3.70. The molecule has 1 aromatic carbocycles. The second-order valence-electron chi connectivity index (χ2n) is 2.68. The molecule has 0 N–H and O–H groups in total. The Labute approximate surface area is 125 Å². The van der Waals surface area contributed by atoms with Crippen LogP contribution in [0.15, 0.2) is 21.1 Å². The van der Waals surface area contributed by atoms with Crippen LogP contribution in [0.5, 0.6) is 5.75 Å². The third-order valence-electron chi connectivity index (χ3n) is 1.44. The third-order valence-corrected chi connectivity index (χ3v) is 4.24. The summed E-state index contributed by atoms with van der Waals surface area (Å²) >= 11 is 7.69. The summed E-state index contributed by atoms with van der Waals surface area (Å²) in [4.78, 5) is 0. The van der Waals surface area contributed by atoms with Crippen LogP contribution in [0, 0.1) is 3.57 Å². The smallest absolute Gasteiger partial charge is 0.374 e. The summed E-state index contributed by atoms with van der Waals surface area (Å²) < 4.78 is 63.0. The first kappa shape index (κ1) is 15.5. The van der Waals surface area contributed by atoms with E-state index in [-0.39, 0.29) is 8.04 Å². The Bertz CT molecular complexity index is 521. The monoisotopic (exact) mass is 508 g/mol. The molecule has 0 aliphatic carbocycles. The average Bonchev–Trinajstić information content (AvgIpc) is 2.09. The van der Waals surface area contributed by atoms with Crippen molar-refractivity contribution in [2.24, 2.45) is 0 Å². The standard InChI is InChI=1S/C7H2Br2F3IO3S/c8-3-1-4(9)6(5(13)2-3)16-17(14,15)7(10,11)12/h1-2H. The van der Waals surface area contributed by atoms with Crippen molar-refractivity contribution < 1.29 is 25.8 Å². The van der Waals surface area contributed by atoms with Crippen LogP contribution in [0.1, 0.15) is 0 Å². The maximum atomic E-state index is 12.1. The van der Waals surface area contributed by atoms with Crippen molar-refractivity contribution in [2.45, 2.75) is 5.51 Å². The molecular weight excluding hydrogens is 508 g/mol. The lowest BCUT2D eigenvalue weighted by atomic mass is 10.3. The van der Waals surface area contributed by atoms with E-state index < -0.39 is 21.4 Å². The van der Waals surface area contributed by atoms with E-state index in [2.05, 4.69) is 36.0 Å². The summed E-state index contributed by atoms with van der Waals surface area (Å²) in [7, 11) is -5.66. The van der Waals surface area contributed by atoms with Crippen molar-refractivity contribution in [2.75, 3.05) is 0 Å². The molecule has 3 nitrogen and oxygen atoms in total. The van der Waals surface area contributed by atoms with Gasteiger partial charge in [0.25, 0.3) is 0 Å². The Morgan fingerprint density at radius 3 is 2.18 bits per heavy atom. The topological polar surface area (TPSA) is 43.4 Å². The van der Waals surface area contributed by atoms with Gasteiger partial charge in [-0.1, -0.05) is 15.9 Å². The highest BCUT2D eigenvalue weighted by atomic mass is 127. The fourth-order valence-corrected chi connectivity index (χ4v) is 4.36. The lowest BCUT2D eigenvalue weighted by Gasteiger charge is -2.12. The van der Waals surface area contributed by atoms with Crippen molar-refractivity contribution >= 4 is 64.6 Å². The van der Waals surface area contributed by atoms with Gasteiger partial charge in [0.2, 0.25) is 0 Å². The molecule has 0 aromatic heterocycles. The molecule has 0 fully saturated rings. The van der Waals surface area contributed by atoms with Crippen LogP contribution in [-0.4, -0.2) is 13.9 Å². The fraction of sp³-hybridized carbons (Fsp3) is 0.143. The predicted octanol–water partition coefficient (Wildman–Crippen LogP) is 4.04. The molecule has 0 spiro atoms. The van der Waals surface area contributed by atoms with Crippen molar-refractivity contribution in [3.63, 3.8) is 0 Å². The molecule has 10 heteroatoms. The van der Waals surface area contributed by atoms with E-state index in [1.807, 2.05) is 0 Å². The van der Waals surface area contributed by atoms with Crippen LogP contribution < -0.4 is 4.18 Å². The minimum Gasteiger partial charge on any atom is -0.374 e. The van der Waals surface area contributed by atoms with E-state index in [1.54, 1.807) is 22.6 Å². The average molecular weight is 510 g/mol. The molecule has 0 saturated heterocycles. The number of hydrogen-bond acceptors (Lipinski definition) is 3. The largest absolute Gasteiger partial charge is 0.534 e. The minimum atomic E-state index is -5.66. The normalized spacial score (nSPS) is 12.6. The molecule has 0 heterocycles. The van der Waals surface area contributed by atoms with Gasteiger partial charge in [-0.2, -0.15) is 21.6 Å². The summed E-state index contributed by atoms with van der Waals surface area (Å²) in [5, 5.41) is 0. The van der Waals surface area contributed by atoms with Crippen LogP contribution >= 0.6 is 54.5 Å². The molecule has 0 bridgehead atoms. The summed E-state index contributed by atoms with van der Waals surface area (Å²) in [6.07, 6.45) is 0. The zero-order valence-electron chi connectivity index (χ0n) is 7.56. The highest BCUT2D eigenvalue weighted by Crippen LogP contribution is 2.37. The molecule has 0 aliphatic heterocycles. The first-order valence-electron chi connectivity index (χ1n) is 3.70. The highest BCUT2D eigenvalue weighted by Gasteiger charge is 2.49. The first-order valence-corrected chi connectivity index (χ1v) is 7.77. The van der Waals surface area contributed by atoms with Crippen LogP contribution in [0.4, 0.5) is 13.2 Å². The fourth-order valence-electron chi connectivity index (χ4n) is 0.766. The summed E-state index contributed by atoms with van der Waals surface area (Å²) in [6, 6.07) is 2.80. The second-order valence-corrected chi connectivity index (χ2v) is 7.15. The lowest BCUT2D eigenvalue weighted by molar-refractivity contribution is -0.0500. The lowest BCUT2D eigenvalue weighted by Crippen LogP contribution is -2.28. The van der Waals surface area contributed by atoms with Gasteiger partial charge in [-0.05, 0) is 50.7 Å². The predicted molar refractivity (Wildman–Crippen MR) is 70.2 cm³/mol. The van der Waals surface area contributed by atoms with Gasteiger partial charge in [0.1, 0.15) is 0 Å². The Kier molecular flexibility index (Phi) is 4.75. The van der Waals surface area contributed by atoms with Gasteiger partial charge in [-0.3, -0.25) is 0 Å². The van der Waals surface area contributed by atoms with E-state index in [1.165, 1.54) is 12.1 Å². The van der Waals surface area contributed by atoms with Crippen LogP contribution in [0.2, 0.25) is 0 Å². The van der Waals surface area contributed by atoms with E-state index in [4.69, 9.17) is 0 Å². The van der Waals surface area contributed by atoms with E-state index in [9.17, 15) is 21.6 Å². The van der Waals surface area contributed by atoms with Gasteiger partial charge in [0, 0.05) is 4.47 Å². The molecule has 96 valence electrons. The van der Waals surface area contributed by atoms with Crippen molar-refractivity contribution in [1.29, 1.82) is 0 Å². The van der Waals surface area contributed by atoms with Crippen LogP contribution in [0.25, 0.3) is 0 Å². The summed E-state index contributed by atoms with van der Waals surface area (Å²) in [6.45, 7) is 0. The van der Waals surface area contributed by atoms with E-state index >= 15 is 0 Å². The van der Waals surface area contributed by atoms with Crippen molar-refractivity contribution in [1.82, 2.24) is 0 Å². The zero-order chi connectivity index (χ0) is 13.4. The maximum absolute atomic E-state index is 12.1. The highest BCUT2D eigenvalue weighted by molar-refractivity contribution is 14.1. The Morgan fingerprint density at radius 2 is 1.76 bits per heavy atom. The minimum absolute atomic E-state index is 0.101. The molecule has 0 aliphatic rings. The van der Waals surface area contributed by atoms with Gasteiger partial charge in [-0.15, -0.1) is 0 Å². The van der Waals surface area contributed by atoms with Crippen LogP contribution in [0.3, 0.4) is 0 Å². The second kappa shape index (κ2) is 5.21. The van der Waals surface area contributed by atoms with E-state index in [0.29, 0.717) is 4.47 Å². The quantitative estimate of drug-likeness (QED) is 0.343. The van der Waals surface area contributed by atoms with Gasteiger partial charge in [0.05, 0.1) is 8.04 Å². The Balaban J connectivity index is 3.22. The van der Waals surface area contributed by atoms with E-state index in [0.717, 1.165) is 0 Å². The van der Waals surface area contributed by atoms with Crippen molar-refractivity contribution in [3.05, 3.63) is 24.6 Å². The molecule has 0 amide bonds. The molecule has 17 heavy (non-hydrogen) atoms. The summed E-state index contributed by atoms with van der Waals surface area (Å²) in [5.41, 5.74) is -5.46. The molecule has 0 radical (unpaired) electrons. The van der Waals surface area contributed by atoms with Gasteiger partial charge < -0.3 is 4.18 Å². The first-order chi connectivity index (χ1) is 7.54. The molecule has 1 rings (SSSR count). The number of halogens is 6. The zero-order valence-corrected chi connectivity index (χ0v) is 13.7. The summed E-state index contributed by atoms with van der Waals surface area (Å²) in [5.74, 6) is -0.397. The molecule has 0 unspecified atom stereocenters.